The maximum atomic E-state index is 13.1. The maximum Gasteiger partial charge on any atom is 0.261 e. The van der Waals surface area contributed by atoms with E-state index in [1.165, 1.54) is 0 Å². The average Bonchev–Trinajstić information content (AvgIpc) is 3.46. The third kappa shape index (κ3) is 2.81. The van der Waals surface area contributed by atoms with E-state index in [9.17, 15) is 9.59 Å². The summed E-state index contributed by atoms with van der Waals surface area (Å²) in [5, 5.41) is 7.00. The van der Waals surface area contributed by atoms with Crippen LogP contribution in [0.5, 0.6) is 0 Å². The number of imidazole rings is 1. The molecule has 1 aromatic carbocycles. The number of piperidine rings is 1. The van der Waals surface area contributed by atoms with Gasteiger partial charge in [-0.25, -0.2) is 4.98 Å². The van der Waals surface area contributed by atoms with Crippen molar-refractivity contribution in [1.82, 2.24) is 24.6 Å². The van der Waals surface area contributed by atoms with Crippen LogP contribution >= 0.6 is 0 Å². The first kappa shape index (κ1) is 19.0. The molecule has 7 nitrogen and oxygen atoms in total. The molecule has 6 rings (SSSR count). The summed E-state index contributed by atoms with van der Waals surface area (Å²) < 4.78 is 4.14. The van der Waals surface area contributed by atoms with Gasteiger partial charge in [0.2, 0.25) is 0 Å². The predicted molar refractivity (Wildman–Crippen MR) is 123 cm³/mol. The highest BCUT2D eigenvalue weighted by molar-refractivity contribution is 6.49. The minimum absolute atomic E-state index is 0.338. The van der Waals surface area contributed by atoms with Crippen LogP contribution in [0.4, 0.5) is 0 Å². The van der Waals surface area contributed by atoms with E-state index in [0.29, 0.717) is 28.9 Å². The number of carbonyl (C=O) groups is 2. The number of hydrogen-bond donors (Lipinski definition) is 2. The van der Waals surface area contributed by atoms with Gasteiger partial charge in [-0.2, -0.15) is 0 Å². The van der Waals surface area contributed by atoms with Crippen LogP contribution in [0.3, 0.4) is 0 Å². The molecule has 2 unspecified atom stereocenters. The Bertz CT molecular complexity index is 1430. The molecule has 0 spiro atoms. The molecule has 2 aliphatic heterocycles. The second-order valence-electron chi connectivity index (χ2n) is 8.61. The fourth-order valence-electron chi connectivity index (χ4n) is 5.14. The lowest BCUT2D eigenvalue weighted by atomic mass is 9.99. The minimum atomic E-state index is -0.386. The Balaban J connectivity index is 1.60. The molecule has 7 heteroatoms. The monoisotopic (exact) mass is 425 g/mol. The molecular weight excluding hydrogens is 402 g/mol. The van der Waals surface area contributed by atoms with Crippen molar-refractivity contribution < 1.29 is 9.59 Å². The first-order chi connectivity index (χ1) is 15.6. The summed E-state index contributed by atoms with van der Waals surface area (Å²) in [5.74, 6) is -0.750. The van der Waals surface area contributed by atoms with Gasteiger partial charge in [0.15, 0.2) is 0 Å². The normalized spacial score (nSPS) is 21.7. The first-order valence-electron chi connectivity index (χ1n) is 11.0. The molecule has 0 bridgehead atoms. The van der Waals surface area contributed by atoms with Crippen LogP contribution in [0.15, 0.2) is 61.1 Å². The van der Waals surface area contributed by atoms with E-state index in [2.05, 4.69) is 39.4 Å². The van der Waals surface area contributed by atoms with Crippen LogP contribution in [-0.4, -0.2) is 38.4 Å². The topological polar surface area (TPSA) is 80.4 Å². The van der Waals surface area contributed by atoms with E-state index in [1.807, 2.05) is 47.0 Å². The smallest absolute Gasteiger partial charge is 0.261 e. The van der Waals surface area contributed by atoms with Crippen molar-refractivity contribution >= 4 is 39.5 Å². The zero-order valence-corrected chi connectivity index (χ0v) is 17.7. The van der Waals surface area contributed by atoms with Crippen molar-refractivity contribution in [2.75, 3.05) is 6.54 Å². The summed E-state index contributed by atoms with van der Waals surface area (Å²) in [6.07, 6.45) is 7.62. The number of hydrogen-bond acceptors (Lipinski definition) is 4. The Morgan fingerprint density at radius 3 is 2.72 bits per heavy atom. The highest BCUT2D eigenvalue weighted by Gasteiger charge is 2.36. The number of pyridine rings is 1. The van der Waals surface area contributed by atoms with Crippen LogP contribution in [0, 0.1) is 0 Å². The van der Waals surface area contributed by atoms with Crippen molar-refractivity contribution in [3.05, 3.63) is 72.3 Å². The number of carbonyl (C=O) groups excluding carboxylic acids is 2. The van der Waals surface area contributed by atoms with Crippen LogP contribution in [0.25, 0.3) is 27.7 Å². The van der Waals surface area contributed by atoms with Gasteiger partial charge >= 0.3 is 0 Å². The fourth-order valence-corrected chi connectivity index (χ4v) is 5.14. The number of nitrogens with one attached hydrogen (secondary N) is 2. The maximum absolute atomic E-state index is 13.1. The van der Waals surface area contributed by atoms with E-state index < -0.39 is 0 Å². The zero-order valence-electron chi connectivity index (χ0n) is 17.7. The summed E-state index contributed by atoms with van der Waals surface area (Å²) in [5.41, 5.74) is 4.00. The molecule has 0 aliphatic carbocycles. The lowest BCUT2D eigenvalue weighted by Crippen LogP contribution is -2.36. The van der Waals surface area contributed by atoms with Gasteiger partial charge in [-0.15, -0.1) is 0 Å². The molecule has 32 heavy (non-hydrogen) atoms. The Hall–Kier alpha value is -3.71. The molecule has 2 N–H and O–H groups in total. The summed E-state index contributed by atoms with van der Waals surface area (Å²) in [7, 11) is 0. The van der Waals surface area contributed by atoms with Gasteiger partial charge in [0.05, 0.1) is 23.0 Å². The number of rotatable bonds is 3. The number of imide groups is 1. The molecule has 160 valence electrons. The molecule has 0 saturated carbocycles. The molecule has 5 heterocycles. The number of fused-ring (bicyclic) bond motifs is 2. The molecule has 2 atom stereocenters. The SMILES string of the molecule is CC1CC(n2cc(C3=C(c4cnc5ccccn45)C(=O)NC3=O)c3ccccc32)CCN1. The minimum Gasteiger partial charge on any atom is -0.344 e. The summed E-state index contributed by atoms with van der Waals surface area (Å²) >= 11 is 0. The predicted octanol–water partition coefficient (Wildman–Crippen LogP) is 3.17. The first-order valence-corrected chi connectivity index (χ1v) is 11.0. The molecule has 2 aliphatic rings. The molecule has 1 saturated heterocycles. The average molecular weight is 425 g/mol. The van der Waals surface area contributed by atoms with E-state index in [1.54, 1.807) is 6.20 Å². The summed E-state index contributed by atoms with van der Waals surface area (Å²) in [6, 6.07) is 14.6. The number of nitrogens with zero attached hydrogens (tertiary/aromatic N) is 3. The van der Waals surface area contributed by atoms with E-state index in [-0.39, 0.29) is 11.8 Å². The Morgan fingerprint density at radius 2 is 1.84 bits per heavy atom. The van der Waals surface area contributed by atoms with Crippen LogP contribution < -0.4 is 10.6 Å². The zero-order chi connectivity index (χ0) is 21.8. The molecule has 2 amide bonds. The van der Waals surface area contributed by atoms with Gasteiger partial charge < -0.3 is 9.88 Å². The van der Waals surface area contributed by atoms with Gasteiger partial charge in [0.1, 0.15) is 5.65 Å². The van der Waals surface area contributed by atoms with E-state index in [0.717, 1.165) is 41.5 Å². The standard InChI is InChI=1S/C25H23N5O2/c1-15-12-16(9-10-26-15)30-14-18(17-6-2-3-7-19(17)30)22-23(25(32)28-24(22)31)20-13-27-21-8-4-5-11-29(20)21/h2-8,11,13-16,26H,9-10,12H2,1H3,(H,28,31,32). The van der Waals surface area contributed by atoms with Crippen LogP contribution in [-0.2, 0) is 9.59 Å². The second kappa shape index (κ2) is 7.17. The number of aromatic nitrogens is 3. The highest BCUT2D eigenvalue weighted by atomic mass is 16.2. The quantitative estimate of drug-likeness (QED) is 0.494. The fraction of sp³-hybridized carbons (Fsp3) is 0.240. The van der Waals surface area contributed by atoms with Crippen LogP contribution in [0.2, 0.25) is 0 Å². The van der Waals surface area contributed by atoms with Gasteiger partial charge in [-0.05, 0) is 44.5 Å². The van der Waals surface area contributed by atoms with Crippen molar-refractivity contribution in [2.24, 2.45) is 0 Å². The van der Waals surface area contributed by atoms with Crippen molar-refractivity contribution in [1.29, 1.82) is 0 Å². The number of amides is 2. The van der Waals surface area contributed by atoms with E-state index >= 15 is 0 Å². The third-order valence-corrected chi connectivity index (χ3v) is 6.60. The molecule has 0 radical (unpaired) electrons. The molecular formula is C25H23N5O2. The third-order valence-electron chi connectivity index (χ3n) is 6.60. The summed E-state index contributed by atoms with van der Waals surface area (Å²) in [4.78, 5) is 30.4. The largest absolute Gasteiger partial charge is 0.344 e. The van der Waals surface area contributed by atoms with Crippen molar-refractivity contribution in [2.45, 2.75) is 31.8 Å². The van der Waals surface area contributed by atoms with E-state index in [4.69, 9.17) is 0 Å². The second-order valence-corrected chi connectivity index (χ2v) is 8.61. The number of para-hydroxylation sites is 1. The van der Waals surface area contributed by atoms with Crippen LogP contribution in [0.1, 0.15) is 37.1 Å². The molecule has 3 aromatic heterocycles. The molecule has 4 aromatic rings. The Kier molecular flexibility index (Phi) is 4.26. The summed E-state index contributed by atoms with van der Waals surface area (Å²) in [6.45, 7) is 3.16. The van der Waals surface area contributed by atoms with Gasteiger partial charge in [-0.1, -0.05) is 24.3 Å². The van der Waals surface area contributed by atoms with Crippen molar-refractivity contribution in [3.8, 4) is 0 Å². The van der Waals surface area contributed by atoms with Gasteiger partial charge in [-0.3, -0.25) is 19.3 Å². The molecule has 1 fully saturated rings. The van der Waals surface area contributed by atoms with Gasteiger partial charge in [0, 0.05) is 40.9 Å². The lowest BCUT2D eigenvalue weighted by molar-refractivity contribution is -0.122. The van der Waals surface area contributed by atoms with Crippen molar-refractivity contribution in [3.63, 3.8) is 0 Å². The number of benzene rings is 1. The highest BCUT2D eigenvalue weighted by Crippen LogP contribution is 2.38. The Morgan fingerprint density at radius 1 is 1.03 bits per heavy atom. The Labute approximate surface area is 184 Å². The van der Waals surface area contributed by atoms with Gasteiger partial charge in [0.25, 0.3) is 11.8 Å². The lowest BCUT2D eigenvalue weighted by Gasteiger charge is -2.29.